The minimum atomic E-state index is -4.40. The highest BCUT2D eigenvalue weighted by Gasteiger charge is 2.39. The second kappa shape index (κ2) is 6.99. The normalized spacial score (nSPS) is 13.0. The molecule has 0 bridgehead atoms. The van der Waals surface area contributed by atoms with Crippen LogP contribution in [0.2, 0.25) is 25.7 Å². The molecule has 0 fully saturated rings. The Morgan fingerprint density at radius 3 is 2.33 bits per heavy atom. The van der Waals surface area contributed by atoms with Gasteiger partial charge in [0.15, 0.2) is 0 Å². The summed E-state index contributed by atoms with van der Waals surface area (Å²) in [6, 6.07) is 4.66. The van der Waals surface area contributed by atoms with Crippen LogP contribution in [0.4, 0.5) is 13.2 Å². The van der Waals surface area contributed by atoms with E-state index in [0.29, 0.717) is 17.5 Å². The van der Waals surface area contributed by atoms with E-state index >= 15 is 0 Å². The van der Waals surface area contributed by atoms with Gasteiger partial charge >= 0.3 is 6.18 Å². The van der Waals surface area contributed by atoms with Crippen molar-refractivity contribution in [3.8, 4) is 0 Å². The molecule has 0 unspecified atom stereocenters. The maximum atomic E-state index is 13.6. The van der Waals surface area contributed by atoms with Crippen molar-refractivity contribution in [3.63, 3.8) is 0 Å². The fraction of sp³-hybridized carbons (Fsp3) is 0.529. The molecule has 2 aromatic rings. The molecular formula is C17H23F3INOSi. The van der Waals surface area contributed by atoms with Gasteiger partial charge in [0.25, 0.3) is 0 Å². The van der Waals surface area contributed by atoms with Gasteiger partial charge in [0, 0.05) is 20.1 Å². The number of aromatic nitrogens is 1. The minimum absolute atomic E-state index is 0.0677. The molecule has 0 aliphatic rings. The average Bonchev–Trinajstić information content (AvgIpc) is 2.66. The van der Waals surface area contributed by atoms with Crippen molar-refractivity contribution in [2.75, 3.05) is 6.61 Å². The molecule has 0 atom stereocenters. The average molecular weight is 469 g/mol. The first-order valence-corrected chi connectivity index (χ1v) is 12.6. The van der Waals surface area contributed by atoms with Crippen LogP contribution in [0.15, 0.2) is 12.1 Å². The van der Waals surface area contributed by atoms with E-state index in [1.165, 1.54) is 4.57 Å². The summed E-state index contributed by atoms with van der Waals surface area (Å²) in [5.41, 5.74) is 1.80. The molecule has 1 heterocycles. The highest BCUT2D eigenvalue weighted by Crippen LogP contribution is 2.40. The van der Waals surface area contributed by atoms with Gasteiger partial charge in [-0.25, -0.2) is 0 Å². The van der Waals surface area contributed by atoms with Gasteiger partial charge in [-0.3, -0.25) is 0 Å². The summed E-state index contributed by atoms with van der Waals surface area (Å²) in [7, 11) is -1.27. The summed E-state index contributed by atoms with van der Waals surface area (Å²) in [5, 5.41) is 0.669. The highest BCUT2D eigenvalue weighted by atomic mass is 127. The second-order valence-corrected chi connectivity index (χ2v) is 14.1. The Morgan fingerprint density at radius 2 is 1.79 bits per heavy atom. The zero-order valence-corrected chi connectivity index (χ0v) is 17.8. The van der Waals surface area contributed by atoms with E-state index in [-0.39, 0.29) is 10.3 Å². The van der Waals surface area contributed by atoms with E-state index in [2.05, 4.69) is 19.6 Å². The topological polar surface area (TPSA) is 14.2 Å². The Morgan fingerprint density at radius 1 is 1.17 bits per heavy atom. The van der Waals surface area contributed by atoms with E-state index in [1.807, 2.05) is 26.0 Å². The first kappa shape index (κ1) is 19.8. The van der Waals surface area contributed by atoms with Gasteiger partial charge in [-0.2, -0.15) is 13.2 Å². The summed E-state index contributed by atoms with van der Waals surface area (Å²) in [5.74, 6) is 0. The van der Waals surface area contributed by atoms with Gasteiger partial charge in [0.05, 0.1) is 9.09 Å². The Labute approximate surface area is 155 Å². The van der Waals surface area contributed by atoms with Gasteiger partial charge in [-0.15, -0.1) is 0 Å². The van der Waals surface area contributed by atoms with Crippen LogP contribution >= 0.6 is 22.6 Å². The van der Waals surface area contributed by atoms with Gasteiger partial charge in [0.2, 0.25) is 0 Å². The predicted molar refractivity (Wildman–Crippen MR) is 103 cm³/mol. The van der Waals surface area contributed by atoms with Gasteiger partial charge < -0.3 is 9.30 Å². The quantitative estimate of drug-likeness (QED) is 0.289. The smallest absolute Gasteiger partial charge is 0.361 e. The van der Waals surface area contributed by atoms with E-state index in [4.69, 9.17) is 4.74 Å². The molecule has 0 aliphatic heterocycles. The van der Waals surface area contributed by atoms with Crippen LogP contribution in [-0.2, 0) is 17.6 Å². The van der Waals surface area contributed by atoms with E-state index < -0.39 is 19.9 Å². The van der Waals surface area contributed by atoms with Crippen molar-refractivity contribution in [1.29, 1.82) is 0 Å². The molecule has 0 N–H and O–H groups in total. The predicted octanol–water partition coefficient (Wildman–Crippen LogP) is 6.19. The first-order chi connectivity index (χ1) is 10.9. The van der Waals surface area contributed by atoms with Crippen molar-refractivity contribution in [2.45, 2.75) is 52.4 Å². The molecule has 134 valence electrons. The Balaban J connectivity index is 2.46. The van der Waals surface area contributed by atoms with Crippen LogP contribution in [0.25, 0.3) is 10.9 Å². The number of halogens is 4. The molecule has 1 aromatic heterocycles. The molecule has 2 nitrogen and oxygen atoms in total. The number of aryl methyl sites for hydroxylation is 2. The van der Waals surface area contributed by atoms with Crippen molar-refractivity contribution >= 4 is 41.6 Å². The Kier molecular flexibility index (Phi) is 5.76. The lowest BCUT2D eigenvalue weighted by atomic mass is 10.1. The summed E-state index contributed by atoms with van der Waals surface area (Å²) < 4.78 is 48.0. The summed E-state index contributed by atoms with van der Waals surface area (Å²) in [4.78, 5) is 0. The molecule has 2 rings (SSSR count). The zero-order chi connectivity index (χ0) is 18.3. The zero-order valence-electron chi connectivity index (χ0n) is 14.6. The van der Waals surface area contributed by atoms with E-state index in [9.17, 15) is 13.2 Å². The summed E-state index contributed by atoms with van der Waals surface area (Å²) in [6.07, 6.45) is -4.40. The monoisotopic (exact) mass is 469 g/mol. The van der Waals surface area contributed by atoms with Gasteiger partial charge in [0.1, 0.15) is 12.4 Å². The standard InChI is InChI=1S/C17H23F3INOSi/c1-11-8-12(2)14-13(9-11)22(10-23-6-7-24(3,4)5)16(15(14)21)17(18,19)20/h8-9H,6-7,10H2,1-5H3. The van der Waals surface area contributed by atoms with Crippen molar-refractivity contribution in [2.24, 2.45) is 0 Å². The SMILES string of the molecule is Cc1cc(C)c2c(I)c(C(F)(F)F)n(COCC[Si](C)(C)C)c2c1. The third kappa shape index (κ3) is 4.35. The van der Waals surface area contributed by atoms with E-state index in [1.54, 1.807) is 22.6 Å². The molecule has 0 amide bonds. The fourth-order valence-corrected chi connectivity index (χ4v) is 4.80. The number of rotatable bonds is 5. The lowest BCUT2D eigenvalue weighted by molar-refractivity contribution is -0.146. The first-order valence-electron chi connectivity index (χ1n) is 7.85. The van der Waals surface area contributed by atoms with E-state index in [0.717, 1.165) is 17.2 Å². The van der Waals surface area contributed by atoms with Crippen molar-refractivity contribution in [1.82, 2.24) is 4.57 Å². The summed E-state index contributed by atoms with van der Waals surface area (Å²) in [6.45, 7) is 10.8. The van der Waals surface area contributed by atoms with Crippen LogP contribution in [-0.4, -0.2) is 19.2 Å². The molecule has 7 heteroatoms. The molecular weight excluding hydrogens is 446 g/mol. The lowest BCUT2D eigenvalue weighted by Gasteiger charge is -2.17. The second-order valence-electron chi connectivity index (χ2n) is 7.41. The highest BCUT2D eigenvalue weighted by molar-refractivity contribution is 14.1. The van der Waals surface area contributed by atoms with Crippen LogP contribution in [0.3, 0.4) is 0 Å². The molecule has 0 saturated heterocycles. The third-order valence-electron chi connectivity index (χ3n) is 3.93. The number of benzene rings is 1. The number of hydrogen-bond donors (Lipinski definition) is 0. The van der Waals surface area contributed by atoms with Crippen LogP contribution in [0.5, 0.6) is 0 Å². The van der Waals surface area contributed by atoms with Crippen LogP contribution in [0.1, 0.15) is 16.8 Å². The molecule has 0 spiro atoms. The van der Waals surface area contributed by atoms with Crippen molar-refractivity contribution in [3.05, 3.63) is 32.5 Å². The summed E-state index contributed by atoms with van der Waals surface area (Å²) >= 11 is 1.81. The molecule has 0 radical (unpaired) electrons. The van der Waals surface area contributed by atoms with Crippen molar-refractivity contribution < 1.29 is 17.9 Å². The Hall–Kier alpha value is -0.543. The van der Waals surface area contributed by atoms with Gasteiger partial charge in [-0.1, -0.05) is 25.7 Å². The molecule has 0 saturated carbocycles. The third-order valence-corrected chi connectivity index (χ3v) is 6.69. The van der Waals surface area contributed by atoms with Crippen LogP contribution in [0, 0.1) is 17.4 Å². The number of alkyl halides is 3. The minimum Gasteiger partial charge on any atom is -0.361 e. The molecule has 0 aliphatic carbocycles. The number of hydrogen-bond acceptors (Lipinski definition) is 1. The lowest BCUT2D eigenvalue weighted by Crippen LogP contribution is -2.22. The van der Waals surface area contributed by atoms with Gasteiger partial charge in [-0.05, 0) is 59.7 Å². The number of fused-ring (bicyclic) bond motifs is 1. The maximum absolute atomic E-state index is 13.6. The molecule has 24 heavy (non-hydrogen) atoms. The fourth-order valence-electron chi connectivity index (χ4n) is 2.75. The maximum Gasteiger partial charge on any atom is 0.432 e. The molecule has 1 aromatic carbocycles. The largest absolute Gasteiger partial charge is 0.432 e. The Bertz CT molecular complexity index is 747. The van der Waals surface area contributed by atoms with Crippen LogP contribution < -0.4 is 0 Å². The number of ether oxygens (including phenoxy) is 1. The number of nitrogens with zero attached hydrogens (tertiary/aromatic N) is 1.